The van der Waals surface area contributed by atoms with E-state index < -0.39 is 19.2 Å². The Kier molecular flexibility index (Phi) is 5.36. The molecular weight excluding hydrogens is 222 g/mol. The maximum absolute atomic E-state index is 11.2. The first-order valence-electron chi connectivity index (χ1n) is 3.03. The van der Waals surface area contributed by atoms with Gasteiger partial charge in [-0.25, -0.2) is 4.57 Å². The fourth-order valence-electron chi connectivity index (χ4n) is 0.419. The summed E-state index contributed by atoms with van der Waals surface area (Å²) in [4.78, 5) is 20.7. The molecule has 8 heteroatoms. The lowest BCUT2D eigenvalue weighted by atomic mass is 10.5. The van der Waals surface area contributed by atoms with Crippen molar-refractivity contribution in [2.45, 2.75) is 6.10 Å². The minimum Gasteiger partial charge on any atom is -0.300 e. The van der Waals surface area contributed by atoms with Gasteiger partial charge in [-0.05, 0) is 11.6 Å². The van der Waals surface area contributed by atoms with Crippen molar-refractivity contribution in [1.82, 2.24) is 0 Å². The van der Waals surface area contributed by atoms with Crippen LogP contribution in [0.15, 0.2) is 0 Å². The number of hydrogen-bond donors (Lipinski definition) is 0. The van der Waals surface area contributed by atoms with Crippen LogP contribution in [0, 0.1) is 0 Å². The molecule has 0 amide bonds. The molecule has 0 aromatic heterocycles. The highest BCUT2D eigenvalue weighted by atomic mass is 35.5. The van der Waals surface area contributed by atoms with Crippen LogP contribution in [0.1, 0.15) is 0 Å². The zero-order valence-electron chi connectivity index (χ0n) is 6.93. The summed E-state index contributed by atoms with van der Waals surface area (Å²) < 4.78 is 24.2. The second-order valence-electron chi connectivity index (χ2n) is 1.78. The number of phosphoric acid groups is 1. The summed E-state index contributed by atoms with van der Waals surface area (Å²) in [5.41, 5.74) is 0. The Morgan fingerprint density at radius 2 is 1.92 bits per heavy atom. The van der Waals surface area contributed by atoms with Crippen molar-refractivity contribution in [1.29, 1.82) is 0 Å². The Morgan fingerprint density at radius 1 is 1.46 bits per heavy atom. The van der Waals surface area contributed by atoms with Crippen molar-refractivity contribution in [3.8, 4) is 0 Å². The molecule has 0 aliphatic rings. The summed E-state index contributed by atoms with van der Waals surface area (Å²) in [6, 6.07) is 0. The van der Waals surface area contributed by atoms with Gasteiger partial charge < -0.3 is 0 Å². The number of carbonyl (C=O) groups excluding carboxylic acids is 2. The zero-order chi connectivity index (χ0) is 10.5. The molecule has 0 radical (unpaired) electrons. The highest BCUT2D eigenvalue weighted by Gasteiger charge is 2.31. The highest BCUT2D eigenvalue weighted by Crippen LogP contribution is 2.48. The van der Waals surface area contributed by atoms with Gasteiger partial charge in [0.25, 0.3) is 5.24 Å². The SMILES string of the molecule is COP(=O)(OC)OC(C=O)C(=O)Cl. The molecule has 0 heterocycles. The number of rotatable bonds is 6. The number of carbonyl (C=O) groups is 2. The van der Waals surface area contributed by atoms with Gasteiger partial charge in [0.2, 0.25) is 0 Å². The Balaban J connectivity index is 4.46. The van der Waals surface area contributed by atoms with Crippen LogP contribution in [0.3, 0.4) is 0 Å². The number of phosphoric ester groups is 1. The van der Waals surface area contributed by atoms with Gasteiger partial charge in [0.05, 0.1) is 0 Å². The minimum atomic E-state index is -3.84. The molecule has 0 aliphatic heterocycles. The van der Waals surface area contributed by atoms with Crippen molar-refractivity contribution < 1.29 is 27.7 Å². The van der Waals surface area contributed by atoms with Gasteiger partial charge in [-0.1, -0.05) is 0 Å². The number of aldehydes is 1. The summed E-state index contributed by atoms with van der Waals surface area (Å²) in [5.74, 6) is 0. The molecule has 1 unspecified atom stereocenters. The monoisotopic (exact) mass is 230 g/mol. The van der Waals surface area contributed by atoms with Crippen molar-refractivity contribution in [2.24, 2.45) is 0 Å². The van der Waals surface area contributed by atoms with E-state index in [0.29, 0.717) is 0 Å². The molecular formula is C5H8ClO6P. The van der Waals surface area contributed by atoms with E-state index in [2.05, 4.69) is 13.6 Å². The van der Waals surface area contributed by atoms with Crippen molar-refractivity contribution in [2.75, 3.05) is 14.2 Å². The van der Waals surface area contributed by atoms with Crippen molar-refractivity contribution in [3.05, 3.63) is 0 Å². The maximum Gasteiger partial charge on any atom is 0.475 e. The lowest BCUT2D eigenvalue weighted by molar-refractivity contribution is -0.126. The molecule has 13 heavy (non-hydrogen) atoms. The average Bonchev–Trinajstić information content (AvgIpc) is 2.13. The molecule has 0 aliphatic carbocycles. The van der Waals surface area contributed by atoms with Crippen LogP contribution >= 0.6 is 19.4 Å². The topological polar surface area (TPSA) is 78.9 Å². The van der Waals surface area contributed by atoms with E-state index in [1.54, 1.807) is 0 Å². The first-order valence-corrected chi connectivity index (χ1v) is 4.87. The third-order valence-corrected chi connectivity index (χ3v) is 2.63. The van der Waals surface area contributed by atoms with E-state index in [9.17, 15) is 14.2 Å². The van der Waals surface area contributed by atoms with Crippen molar-refractivity contribution in [3.63, 3.8) is 0 Å². The smallest absolute Gasteiger partial charge is 0.300 e. The molecule has 0 saturated carbocycles. The number of hydrogen-bond acceptors (Lipinski definition) is 6. The molecule has 1 atom stereocenters. The van der Waals surface area contributed by atoms with Gasteiger partial charge in [0.15, 0.2) is 12.4 Å². The Morgan fingerprint density at radius 3 is 2.15 bits per heavy atom. The van der Waals surface area contributed by atoms with E-state index >= 15 is 0 Å². The van der Waals surface area contributed by atoms with Gasteiger partial charge in [0, 0.05) is 14.2 Å². The lowest BCUT2D eigenvalue weighted by Crippen LogP contribution is -2.20. The standard InChI is InChI=1S/C5H8ClO6P/c1-10-13(9,11-2)12-4(3-7)5(6)8/h3-4H,1-2H3. The van der Waals surface area contributed by atoms with Gasteiger partial charge >= 0.3 is 7.82 Å². The average molecular weight is 231 g/mol. The van der Waals surface area contributed by atoms with Crippen LogP contribution in [0.5, 0.6) is 0 Å². The Bertz CT molecular complexity index is 233. The lowest BCUT2D eigenvalue weighted by Gasteiger charge is -2.14. The van der Waals surface area contributed by atoms with Crippen LogP contribution in [0.25, 0.3) is 0 Å². The molecule has 0 bridgehead atoms. The highest BCUT2D eigenvalue weighted by molar-refractivity contribution is 7.48. The first kappa shape index (κ1) is 12.7. The third kappa shape index (κ3) is 3.97. The molecule has 76 valence electrons. The summed E-state index contributed by atoms with van der Waals surface area (Å²) in [5, 5.41) is -1.09. The molecule has 0 aromatic carbocycles. The molecule has 0 saturated heterocycles. The summed E-state index contributed by atoms with van der Waals surface area (Å²) in [6.45, 7) is 0. The van der Waals surface area contributed by atoms with Gasteiger partial charge in [0.1, 0.15) is 0 Å². The molecule has 0 N–H and O–H groups in total. The van der Waals surface area contributed by atoms with E-state index in [0.717, 1.165) is 14.2 Å². The van der Waals surface area contributed by atoms with Gasteiger partial charge in [-0.15, -0.1) is 0 Å². The van der Waals surface area contributed by atoms with E-state index in [4.69, 9.17) is 11.6 Å². The van der Waals surface area contributed by atoms with E-state index in [1.807, 2.05) is 0 Å². The van der Waals surface area contributed by atoms with Gasteiger partial charge in [-0.3, -0.25) is 23.2 Å². The molecule has 0 spiro atoms. The summed E-state index contributed by atoms with van der Waals surface area (Å²) in [7, 11) is -1.75. The largest absolute Gasteiger partial charge is 0.475 e. The summed E-state index contributed by atoms with van der Waals surface area (Å²) in [6.07, 6.45) is -1.55. The molecule has 0 aromatic rings. The molecule has 6 nitrogen and oxygen atoms in total. The minimum absolute atomic E-state index is 0.0972. The zero-order valence-corrected chi connectivity index (χ0v) is 8.58. The van der Waals surface area contributed by atoms with Crippen LogP contribution in [0.2, 0.25) is 0 Å². The van der Waals surface area contributed by atoms with Crippen LogP contribution in [0.4, 0.5) is 0 Å². The first-order chi connectivity index (χ1) is 5.99. The van der Waals surface area contributed by atoms with Crippen molar-refractivity contribution >= 4 is 31.0 Å². The predicted molar refractivity (Wildman–Crippen MR) is 43.4 cm³/mol. The molecule has 0 rings (SSSR count). The predicted octanol–water partition coefficient (Wildman–Crippen LogP) is 0.737. The normalized spacial score (nSPS) is 13.8. The van der Waals surface area contributed by atoms with E-state index in [1.165, 1.54) is 0 Å². The Labute approximate surface area is 79.7 Å². The fourth-order valence-corrected chi connectivity index (χ4v) is 1.32. The second kappa shape index (κ2) is 5.47. The molecule has 0 fully saturated rings. The second-order valence-corrected chi connectivity index (χ2v) is 3.99. The van der Waals surface area contributed by atoms with Crippen LogP contribution in [-0.2, 0) is 27.7 Å². The van der Waals surface area contributed by atoms with E-state index in [-0.39, 0.29) is 6.29 Å². The van der Waals surface area contributed by atoms with Gasteiger partial charge in [-0.2, -0.15) is 0 Å². The number of halogens is 1. The third-order valence-electron chi connectivity index (χ3n) is 1.04. The van der Waals surface area contributed by atoms with Crippen LogP contribution < -0.4 is 0 Å². The van der Waals surface area contributed by atoms with Crippen LogP contribution in [-0.4, -0.2) is 31.9 Å². The Hall–Kier alpha value is -0.260. The quantitative estimate of drug-likeness (QED) is 0.290. The maximum atomic E-state index is 11.2. The fraction of sp³-hybridized carbons (Fsp3) is 0.600. The summed E-state index contributed by atoms with van der Waals surface area (Å²) >= 11 is 4.94.